The highest BCUT2D eigenvalue weighted by Crippen LogP contribution is 2.49. The Balaban J connectivity index is 1.78. The quantitative estimate of drug-likeness (QED) is 0.726. The SMILES string of the molecule is COc1ccc(C2C3=C(CC(C)(C)CC3=O)OC2C(=O)c2ccccc2)cc1. The van der Waals surface area contributed by atoms with E-state index >= 15 is 0 Å². The van der Waals surface area contributed by atoms with Gasteiger partial charge in [-0.05, 0) is 23.1 Å². The van der Waals surface area contributed by atoms with E-state index in [0.29, 0.717) is 29.7 Å². The highest BCUT2D eigenvalue weighted by Gasteiger charge is 2.48. The largest absolute Gasteiger partial charge is 0.497 e. The Bertz CT molecular complexity index is 938. The van der Waals surface area contributed by atoms with Crippen LogP contribution in [-0.2, 0) is 9.53 Å². The van der Waals surface area contributed by atoms with Crippen molar-refractivity contribution in [3.05, 3.63) is 77.1 Å². The molecule has 4 rings (SSSR count). The van der Waals surface area contributed by atoms with Crippen molar-refractivity contribution in [1.82, 2.24) is 0 Å². The lowest BCUT2D eigenvalue weighted by Gasteiger charge is -2.29. The zero-order valence-electron chi connectivity index (χ0n) is 16.4. The Morgan fingerprint density at radius 2 is 1.71 bits per heavy atom. The maximum absolute atomic E-state index is 13.3. The Hall–Kier alpha value is -2.88. The number of hydrogen-bond donors (Lipinski definition) is 0. The number of hydrogen-bond acceptors (Lipinski definition) is 4. The van der Waals surface area contributed by atoms with Crippen LogP contribution in [0.4, 0.5) is 0 Å². The second kappa shape index (κ2) is 6.93. The minimum atomic E-state index is -0.723. The zero-order chi connectivity index (χ0) is 19.9. The molecular weight excluding hydrogens is 352 g/mol. The molecule has 2 aromatic rings. The molecule has 0 fully saturated rings. The van der Waals surface area contributed by atoms with Gasteiger partial charge in [-0.25, -0.2) is 0 Å². The van der Waals surface area contributed by atoms with Crippen LogP contribution in [0.15, 0.2) is 65.9 Å². The zero-order valence-corrected chi connectivity index (χ0v) is 16.4. The summed E-state index contributed by atoms with van der Waals surface area (Å²) in [6.45, 7) is 4.12. The van der Waals surface area contributed by atoms with Crippen molar-refractivity contribution in [2.75, 3.05) is 7.11 Å². The molecule has 0 spiro atoms. The van der Waals surface area contributed by atoms with Gasteiger partial charge in [0.25, 0.3) is 0 Å². The fraction of sp³-hybridized carbons (Fsp3) is 0.333. The second-order valence-corrected chi connectivity index (χ2v) is 8.30. The van der Waals surface area contributed by atoms with E-state index in [2.05, 4.69) is 13.8 Å². The number of ether oxygens (including phenoxy) is 2. The van der Waals surface area contributed by atoms with E-state index in [1.54, 1.807) is 19.2 Å². The molecule has 28 heavy (non-hydrogen) atoms. The third-order valence-corrected chi connectivity index (χ3v) is 5.55. The average Bonchev–Trinajstić information content (AvgIpc) is 3.06. The summed E-state index contributed by atoms with van der Waals surface area (Å²) in [7, 11) is 1.61. The summed E-state index contributed by atoms with van der Waals surface area (Å²) in [5.41, 5.74) is 2.00. The summed E-state index contributed by atoms with van der Waals surface area (Å²) in [5.74, 6) is 1.00. The van der Waals surface area contributed by atoms with Crippen LogP contribution in [0.25, 0.3) is 0 Å². The van der Waals surface area contributed by atoms with Crippen molar-refractivity contribution in [3.63, 3.8) is 0 Å². The monoisotopic (exact) mass is 376 g/mol. The summed E-state index contributed by atoms with van der Waals surface area (Å²) in [6, 6.07) is 16.7. The molecule has 1 aliphatic carbocycles. The first kappa shape index (κ1) is 18.5. The predicted molar refractivity (Wildman–Crippen MR) is 106 cm³/mol. The van der Waals surface area contributed by atoms with E-state index < -0.39 is 12.0 Å². The van der Waals surface area contributed by atoms with E-state index in [4.69, 9.17) is 9.47 Å². The number of rotatable bonds is 4. The van der Waals surface area contributed by atoms with E-state index in [1.807, 2.05) is 42.5 Å². The highest BCUT2D eigenvalue weighted by atomic mass is 16.5. The van der Waals surface area contributed by atoms with Crippen LogP contribution < -0.4 is 4.74 Å². The molecule has 0 saturated carbocycles. The fourth-order valence-corrected chi connectivity index (χ4v) is 4.23. The van der Waals surface area contributed by atoms with Gasteiger partial charge in [0.15, 0.2) is 11.9 Å². The molecule has 0 radical (unpaired) electrons. The van der Waals surface area contributed by atoms with Gasteiger partial charge in [-0.2, -0.15) is 0 Å². The number of Topliss-reactive ketones (excluding diaryl/α,β-unsaturated/α-hetero) is 2. The number of carbonyl (C=O) groups is 2. The molecule has 2 aliphatic rings. The lowest BCUT2D eigenvalue weighted by Crippen LogP contribution is -2.29. The molecule has 2 atom stereocenters. The van der Waals surface area contributed by atoms with E-state index in [1.165, 1.54) is 0 Å². The number of methoxy groups -OCH3 is 1. The third-order valence-electron chi connectivity index (χ3n) is 5.55. The van der Waals surface area contributed by atoms with Gasteiger partial charge in [-0.15, -0.1) is 0 Å². The normalized spacial score (nSPS) is 23.2. The fourth-order valence-electron chi connectivity index (χ4n) is 4.23. The van der Waals surface area contributed by atoms with Crippen LogP contribution in [-0.4, -0.2) is 24.8 Å². The molecule has 0 N–H and O–H groups in total. The Morgan fingerprint density at radius 1 is 1.04 bits per heavy atom. The number of benzene rings is 2. The van der Waals surface area contributed by atoms with Gasteiger partial charge in [0.2, 0.25) is 5.78 Å². The Labute approximate surface area is 165 Å². The molecular formula is C24H24O4. The maximum Gasteiger partial charge on any atom is 0.204 e. The van der Waals surface area contributed by atoms with Crippen LogP contribution in [0, 0.1) is 5.41 Å². The van der Waals surface area contributed by atoms with Gasteiger partial charge in [-0.1, -0.05) is 56.3 Å². The lowest BCUT2D eigenvalue weighted by atomic mass is 9.72. The van der Waals surface area contributed by atoms with Crippen molar-refractivity contribution >= 4 is 11.6 Å². The molecule has 1 aliphatic heterocycles. The molecule has 0 saturated heterocycles. The number of allylic oxidation sites excluding steroid dienone is 1. The maximum atomic E-state index is 13.3. The summed E-state index contributed by atoms with van der Waals surface area (Å²) in [6.07, 6.45) is 0.409. The average molecular weight is 376 g/mol. The van der Waals surface area contributed by atoms with E-state index in [0.717, 1.165) is 11.3 Å². The minimum absolute atomic E-state index is 0.0791. The van der Waals surface area contributed by atoms with Crippen molar-refractivity contribution in [2.45, 2.75) is 38.7 Å². The molecule has 0 bridgehead atoms. The smallest absolute Gasteiger partial charge is 0.204 e. The number of carbonyl (C=O) groups excluding carboxylic acids is 2. The Morgan fingerprint density at radius 3 is 2.36 bits per heavy atom. The molecule has 2 unspecified atom stereocenters. The van der Waals surface area contributed by atoms with Gasteiger partial charge in [0, 0.05) is 24.0 Å². The first-order valence-corrected chi connectivity index (χ1v) is 9.56. The Kier molecular flexibility index (Phi) is 4.58. The molecule has 4 heteroatoms. The van der Waals surface area contributed by atoms with Crippen molar-refractivity contribution in [1.29, 1.82) is 0 Å². The van der Waals surface area contributed by atoms with E-state index in [9.17, 15) is 9.59 Å². The molecule has 0 amide bonds. The standard InChI is InChI=1S/C24H24O4/c1-24(2)13-18(25)21-19(14-24)28-23(22(26)16-7-5-4-6-8-16)20(21)15-9-11-17(27-3)12-10-15/h4-12,20,23H,13-14H2,1-3H3. The topological polar surface area (TPSA) is 52.6 Å². The highest BCUT2D eigenvalue weighted by molar-refractivity contribution is 6.05. The first-order valence-electron chi connectivity index (χ1n) is 9.56. The third kappa shape index (κ3) is 3.24. The molecule has 144 valence electrons. The van der Waals surface area contributed by atoms with Gasteiger partial charge >= 0.3 is 0 Å². The van der Waals surface area contributed by atoms with Gasteiger partial charge in [-0.3, -0.25) is 9.59 Å². The van der Waals surface area contributed by atoms with Crippen molar-refractivity contribution < 1.29 is 19.1 Å². The van der Waals surface area contributed by atoms with Crippen LogP contribution in [0.1, 0.15) is 48.5 Å². The molecule has 2 aromatic carbocycles. The lowest BCUT2D eigenvalue weighted by molar-refractivity contribution is -0.118. The van der Waals surface area contributed by atoms with Crippen LogP contribution >= 0.6 is 0 Å². The molecule has 1 heterocycles. The van der Waals surface area contributed by atoms with E-state index in [-0.39, 0.29) is 17.0 Å². The summed E-state index contributed by atoms with van der Waals surface area (Å²) < 4.78 is 11.4. The van der Waals surface area contributed by atoms with Crippen LogP contribution in [0.3, 0.4) is 0 Å². The minimum Gasteiger partial charge on any atom is -0.497 e. The van der Waals surface area contributed by atoms with Gasteiger partial charge in [0.1, 0.15) is 11.5 Å². The van der Waals surface area contributed by atoms with Crippen molar-refractivity contribution in [3.8, 4) is 5.75 Å². The van der Waals surface area contributed by atoms with Crippen LogP contribution in [0.5, 0.6) is 5.75 Å². The predicted octanol–water partition coefficient (Wildman–Crippen LogP) is 4.70. The number of ketones is 2. The van der Waals surface area contributed by atoms with Crippen molar-refractivity contribution in [2.24, 2.45) is 5.41 Å². The summed E-state index contributed by atoms with van der Waals surface area (Å²) in [4.78, 5) is 26.3. The molecule has 4 nitrogen and oxygen atoms in total. The summed E-state index contributed by atoms with van der Waals surface area (Å²) >= 11 is 0. The van der Waals surface area contributed by atoms with Gasteiger partial charge < -0.3 is 9.47 Å². The van der Waals surface area contributed by atoms with Gasteiger partial charge in [0.05, 0.1) is 13.0 Å². The summed E-state index contributed by atoms with van der Waals surface area (Å²) in [5, 5.41) is 0. The second-order valence-electron chi connectivity index (χ2n) is 8.30. The molecule has 0 aromatic heterocycles. The van der Waals surface area contributed by atoms with Crippen LogP contribution in [0.2, 0.25) is 0 Å². The first-order chi connectivity index (χ1) is 13.4.